The number of ether oxygens (including phenoxy) is 1. The van der Waals surface area contributed by atoms with E-state index in [0.717, 1.165) is 49.4 Å². The van der Waals surface area contributed by atoms with E-state index in [1.54, 1.807) is 0 Å². The highest BCUT2D eigenvalue weighted by Crippen LogP contribution is 2.24. The molecule has 0 saturated heterocycles. The Morgan fingerprint density at radius 1 is 1.11 bits per heavy atom. The summed E-state index contributed by atoms with van der Waals surface area (Å²) in [5.41, 5.74) is 4.16. The zero-order chi connectivity index (χ0) is 19.2. The second-order valence-corrected chi connectivity index (χ2v) is 7.00. The third-order valence-electron chi connectivity index (χ3n) is 5.06. The molecule has 0 amide bonds. The lowest BCUT2D eigenvalue weighted by Crippen LogP contribution is -2.25. The molecule has 0 N–H and O–H groups in total. The number of aromatic nitrogens is 3. The number of aryl methyl sites for hydroxylation is 1. The van der Waals surface area contributed by atoms with Gasteiger partial charge in [-0.15, -0.1) is 5.10 Å². The molecular weight excluding hydrogens is 336 g/mol. The van der Waals surface area contributed by atoms with Gasteiger partial charge in [-0.3, -0.25) is 0 Å². The first-order valence-corrected chi connectivity index (χ1v) is 9.92. The van der Waals surface area contributed by atoms with Gasteiger partial charge >= 0.3 is 0 Å². The third kappa shape index (κ3) is 4.66. The van der Waals surface area contributed by atoms with E-state index in [1.165, 1.54) is 5.56 Å². The largest absolute Gasteiger partial charge is 0.474 e. The Kier molecular flexibility index (Phi) is 6.45. The topological polar surface area (TPSA) is 42.7 Å². The number of benzene rings is 1. The van der Waals surface area contributed by atoms with Gasteiger partial charge in [0.15, 0.2) is 5.65 Å². The van der Waals surface area contributed by atoms with E-state index in [1.807, 2.05) is 35.0 Å². The Hall–Kier alpha value is -2.40. The molecule has 5 nitrogen and oxygen atoms in total. The van der Waals surface area contributed by atoms with Crippen LogP contribution in [0.25, 0.3) is 16.9 Å². The molecule has 0 fully saturated rings. The van der Waals surface area contributed by atoms with Crippen LogP contribution >= 0.6 is 0 Å². The second kappa shape index (κ2) is 9.00. The van der Waals surface area contributed by atoms with E-state index in [4.69, 9.17) is 4.74 Å². The predicted octanol–water partition coefficient (Wildman–Crippen LogP) is 4.59. The molecule has 144 valence electrons. The average molecular weight is 367 g/mol. The van der Waals surface area contributed by atoms with Crippen molar-refractivity contribution in [2.75, 3.05) is 19.6 Å². The van der Waals surface area contributed by atoms with E-state index in [-0.39, 0.29) is 6.10 Å². The number of nitrogens with zero attached hydrogens (tertiary/aromatic N) is 4. The minimum absolute atomic E-state index is 0.135. The van der Waals surface area contributed by atoms with E-state index in [0.29, 0.717) is 5.88 Å². The van der Waals surface area contributed by atoms with Gasteiger partial charge in [-0.2, -0.15) is 0 Å². The summed E-state index contributed by atoms with van der Waals surface area (Å²) in [6.07, 6.45) is 4.16. The van der Waals surface area contributed by atoms with Crippen molar-refractivity contribution in [1.82, 2.24) is 19.5 Å². The Morgan fingerprint density at radius 3 is 2.63 bits per heavy atom. The van der Waals surface area contributed by atoms with Crippen molar-refractivity contribution in [2.24, 2.45) is 0 Å². The first-order valence-electron chi connectivity index (χ1n) is 9.92. The van der Waals surface area contributed by atoms with E-state index >= 15 is 0 Å². The average Bonchev–Trinajstić information content (AvgIpc) is 3.09. The van der Waals surface area contributed by atoms with Gasteiger partial charge in [0.2, 0.25) is 5.88 Å². The lowest BCUT2D eigenvalue weighted by molar-refractivity contribution is 0.186. The summed E-state index contributed by atoms with van der Waals surface area (Å²) in [5, 5.41) is 4.69. The maximum Gasteiger partial charge on any atom is 0.232 e. The Morgan fingerprint density at radius 2 is 1.89 bits per heavy atom. The number of hydrogen-bond donors (Lipinski definition) is 0. The maximum atomic E-state index is 6.08. The SMILES string of the molecule is CCN(CC)CCCC(C)Oc1ccc2ncc(-c3ccccc3C)n2n1. The van der Waals surface area contributed by atoms with Crippen molar-refractivity contribution in [1.29, 1.82) is 0 Å². The number of hydrogen-bond acceptors (Lipinski definition) is 4. The number of fused-ring (bicyclic) bond motifs is 1. The molecule has 2 aromatic heterocycles. The normalized spacial score (nSPS) is 12.6. The highest BCUT2D eigenvalue weighted by Gasteiger charge is 2.12. The van der Waals surface area contributed by atoms with Crippen LogP contribution in [0.4, 0.5) is 0 Å². The molecule has 1 aromatic carbocycles. The van der Waals surface area contributed by atoms with Crippen LogP contribution in [0, 0.1) is 6.92 Å². The van der Waals surface area contributed by atoms with Crippen LogP contribution in [-0.2, 0) is 0 Å². The summed E-state index contributed by atoms with van der Waals surface area (Å²) in [7, 11) is 0. The van der Waals surface area contributed by atoms with Crippen LogP contribution in [0.5, 0.6) is 5.88 Å². The van der Waals surface area contributed by atoms with E-state index in [2.05, 4.69) is 54.8 Å². The molecule has 0 saturated carbocycles. The monoisotopic (exact) mass is 366 g/mol. The number of imidazole rings is 1. The van der Waals surface area contributed by atoms with Crippen LogP contribution in [-0.4, -0.2) is 45.2 Å². The molecule has 0 radical (unpaired) electrons. The lowest BCUT2D eigenvalue weighted by atomic mass is 10.1. The first kappa shape index (κ1) is 19.4. The predicted molar refractivity (Wildman–Crippen MR) is 110 cm³/mol. The fraction of sp³-hybridized carbons (Fsp3) is 0.455. The lowest BCUT2D eigenvalue weighted by Gasteiger charge is -2.19. The molecule has 3 aromatic rings. The smallest absolute Gasteiger partial charge is 0.232 e. The standard InChI is InChI=1S/C22H30N4O/c1-5-25(6-2)15-9-11-18(4)27-22-14-13-21-23-16-20(26(21)24-22)19-12-8-7-10-17(19)3/h7-8,10,12-14,16,18H,5-6,9,11,15H2,1-4H3. The van der Waals surface area contributed by atoms with Gasteiger partial charge in [0.25, 0.3) is 0 Å². The minimum Gasteiger partial charge on any atom is -0.474 e. The molecule has 0 spiro atoms. The van der Waals surface area contributed by atoms with Gasteiger partial charge in [-0.1, -0.05) is 38.1 Å². The quantitative estimate of drug-likeness (QED) is 0.555. The van der Waals surface area contributed by atoms with Gasteiger partial charge < -0.3 is 9.64 Å². The molecular formula is C22H30N4O. The van der Waals surface area contributed by atoms with Gasteiger partial charge in [0.05, 0.1) is 18.0 Å². The molecule has 0 aliphatic heterocycles. The van der Waals surface area contributed by atoms with Crippen LogP contribution in [0.1, 0.15) is 39.2 Å². The molecule has 3 rings (SSSR count). The van der Waals surface area contributed by atoms with Crippen molar-refractivity contribution in [2.45, 2.75) is 46.6 Å². The van der Waals surface area contributed by atoms with E-state index < -0.39 is 0 Å². The first-order chi connectivity index (χ1) is 13.1. The van der Waals surface area contributed by atoms with E-state index in [9.17, 15) is 0 Å². The zero-order valence-corrected chi connectivity index (χ0v) is 16.9. The van der Waals surface area contributed by atoms with Crippen LogP contribution in [0.2, 0.25) is 0 Å². The van der Waals surface area contributed by atoms with Crippen molar-refractivity contribution in [3.8, 4) is 17.1 Å². The molecule has 27 heavy (non-hydrogen) atoms. The summed E-state index contributed by atoms with van der Waals surface area (Å²) < 4.78 is 7.96. The van der Waals surface area contributed by atoms with Crippen LogP contribution < -0.4 is 4.74 Å². The minimum atomic E-state index is 0.135. The molecule has 5 heteroatoms. The fourth-order valence-corrected chi connectivity index (χ4v) is 3.37. The highest BCUT2D eigenvalue weighted by atomic mass is 16.5. The van der Waals surface area contributed by atoms with Gasteiger partial charge in [0.1, 0.15) is 0 Å². The molecule has 0 aliphatic carbocycles. The summed E-state index contributed by atoms with van der Waals surface area (Å²) in [5.74, 6) is 0.644. The molecule has 2 heterocycles. The third-order valence-corrected chi connectivity index (χ3v) is 5.06. The van der Waals surface area contributed by atoms with Crippen molar-refractivity contribution in [3.63, 3.8) is 0 Å². The van der Waals surface area contributed by atoms with Crippen LogP contribution in [0.3, 0.4) is 0 Å². The zero-order valence-electron chi connectivity index (χ0n) is 16.9. The van der Waals surface area contributed by atoms with Gasteiger partial charge in [0, 0.05) is 11.6 Å². The molecule has 1 atom stereocenters. The Bertz CT molecular complexity index is 870. The summed E-state index contributed by atoms with van der Waals surface area (Å²) >= 11 is 0. The summed E-state index contributed by atoms with van der Waals surface area (Å²) in [6.45, 7) is 12.0. The molecule has 1 unspecified atom stereocenters. The fourth-order valence-electron chi connectivity index (χ4n) is 3.37. The molecule has 0 bridgehead atoms. The van der Waals surface area contributed by atoms with Gasteiger partial charge in [-0.25, -0.2) is 9.50 Å². The Labute approximate surface area is 162 Å². The van der Waals surface area contributed by atoms with Crippen LogP contribution in [0.15, 0.2) is 42.6 Å². The molecule has 0 aliphatic rings. The van der Waals surface area contributed by atoms with Crippen molar-refractivity contribution < 1.29 is 4.74 Å². The summed E-state index contributed by atoms with van der Waals surface area (Å²) in [6, 6.07) is 12.2. The maximum absolute atomic E-state index is 6.08. The van der Waals surface area contributed by atoms with Gasteiger partial charge in [-0.05, 0) is 58.0 Å². The second-order valence-electron chi connectivity index (χ2n) is 7.00. The highest BCUT2D eigenvalue weighted by molar-refractivity contribution is 5.66. The number of rotatable bonds is 9. The Balaban J connectivity index is 1.71. The van der Waals surface area contributed by atoms with Crippen molar-refractivity contribution in [3.05, 3.63) is 48.2 Å². The van der Waals surface area contributed by atoms with Crippen molar-refractivity contribution >= 4 is 5.65 Å². The summed E-state index contributed by atoms with van der Waals surface area (Å²) in [4.78, 5) is 6.93.